The molecule has 0 fully saturated rings. The molecular weight excluding hydrogens is 393 g/mol. The van der Waals surface area contributed by atoms with E-state index in [1.54, 1.807) is 29.8 Å². The third-order valence-corrected chi connectivity index (χ3v) is 5.15. The summed E-state index contributed by atoms with van der Waals surface area (Å²) in [6.45, 7) is 4.44. The Morgan fingerprint density at radius 3 is 2.32 bits per heavy atom. The lowest BCUT2D eigenvalue weighted by molar-refractivity contribution is -0.104. The summed E-state index contributed by atoms with van der Waals surface area (Å²) < 4.78 is 21.1. The maximum atomic E-state index is 13.6. The number of carbonyl (C=O) groups is 1. The van der Waals surface area contributed by atoms with E-state index in [4.69, 9.17) is 4.74 Å². The Kier molecular flexibility index (Phi) is 7.32. The van der Waals surface area contributed by atoms with Crippen LogP contribution in [0.4, 0.5) is 4.39 Å². The van der Waals surface area contributed by atoms with Crippen LogP contribution in [-0.4, -0.2) is 10.9 Å². The summed E-state index contributed by atoms with van der Waals surface area (Å²) in [5.41, 5.74) is 4.23. The highest BCUT2D eigenvalue weighted by Gasteiger charge is 2.22. The Labute approximate surface area is 181 Å². The molecular formula is C26H26FNO3. The van der Waals surface area contributed by atoms with Crippen LogP contribution in [0.2, 0.25) is 0 Å². The number of allylic oxidation sites excluding steroid dienone is 1. The summed E-state index contributed by atoms with van der Waals surface area (Å²) in [6.07, 6.45) is 3.82. The lowest BCUT2D eigenvalue weighted by Crippen LogP contribution is -2.28. The quantitative estimate of drug-likeness (QED) is 0.370. The van der Waals surface area contributed by atoms with Gasteiger partial charge in [0, 0.05) is 23.9 Å². The van der Waals surface area contributed by atoms with Crippen molar-refractivity contribution in [2.45, 2.75) is 33.0 Å². The first-order valence-corrected chi connectivity index (χ1v) is 10.2. The van der Waals surface area contributed by atoms with Crippen LogP contribution in [0, 0.1) is 5.82 Å². The van der Waals surface area contributed by atoms with Crippen molar-refractivity contribution in [2.24, 2.45) is 7.05 Å². The second kappa shape index (κ2) is 10.1. The molecule has 0 aliphatic carbocycles. The first-order chi connectivity index (χ1) is 14.9. The number of aromatic nitrogens is 1. The molecule has 0 spiro atoms. The number of aldehydes is 1. The van der Waals surface area contributed by atoms with Gasteiger partial charge >= 0.3 is 0 Å². The summed E-state index contributed by atoms with van der Waals surface area (Å²) >= 11 is 0. The molecule has 3 rings (SSSR count). The Morgan fingerprint density at radius 2 is 1.71 bits per heavy atom. The molecule has 0 N–H and O–H groups in total. The zero-order valence-corrected chi connectivity index (χ0v) is 18.0. The van der Waals surface area contributed by atoms with Crippen molar-refractivity contribution >= 4 is 12.4 Å². The molecule has 0 saturated carbocycles. The number of pyridine rings is 1. The van der Waals surface area contributed by atoms with Crippen LogP contribution < -0.4 is 5.56 Å². The molecule has 0 amide bonds. The predicted octanol–water partition coefficient (Wildman–Crippen LogP) is 5.24. The maximum Gasteiger partial charge on any atom is 0.256 e. The molecule has 0 unspecified atom stereocenters. The van der Waals surface area contributed by atoms with Crippen molar-refractivity contribution in [1.82, 2.24) is 4.57 Å². The van der Waals surface area contributed by atoms with E-state index in [1.807, 2.05) is 44.2 Å². The van der Waals surface area contributed by atoms with Crippen LogP contribution in [0.3, 0.4) is 0 Å². The SMILES string of the molecule is CC(C)c1c(C=CC=O)c(-c2ccc(F)cc2)c(COCc2ccccc2)c(=O)n1C. The second-order valence-electron chi connectivity index (χ2n) is 7.65. The van der Waals surface area contributed by atoms with Crippen LogP contribution in [0.25, 0.3) is 17.2 Å². The fourth-order valence-electron chi connectivity index (χ4n) is 3.82. The molecule has 0 aliphatic heterocycles. The van der Waals surface area contributed by atoms with E-state index in [2.05, 4.69) is 0 Å². The molecule has 5 heteroatoms. The standard InChI is InChI=1S/C26H26FNO3/c1-18(2)25-22(10-7-15-29)24(20-11-13-21(27)14-12-20)23(26(30)28(25)3)17-31-16-19-8-5-4-6-9-19/h4-15,18H,16-17H2,1-3H3. The number of carbonyl (C=O) groups excluding carboxylic acids is 1. The molecule has 1 heterocycles. The minimum absolute atomic E-state index is 0.0301. The maximum absolute atomic E-state index is 13.6. The number of hydrogen-bond acceptors (Lipinski definition) is 3. The molecule has 2 aromatic carbocycles. The van der Waals surface area contributed by atoms with Crippen LogP contribution >= 0.6 is 0 Å². The number of ether oxygens (including phenoxy) is 1. The van der Waals surface area contributed by atoms with Gasteiger partial charge in [-0.1, -0.05) is 56.3 Å². The zero-order chi connectivity index (χ0) is 22.4. The fourth-order valence-corrected chi connectivity index (χ4v) is 3.82. The lowest BCUT2D eigenvalue weighted by atomic mass is 9.90. The van der Waals surface area contributed by atoms with E-state index in [9.17, 15) is 14.0 Å². The van der Waals surface area contributed by atoms with Crippen molar-refractivity contribution in [3.63, 3.8) is 0 Å². The van der Waals surface area contributed by atoms with Gasteiger partial charge in [-0.05, 0) is 41.3 Å². The Balaban J connectivity index is 2.18. The van der Waals surface area contributed by atoms with E-state index >= 15 is 0 Å². The van der Waals surface area contributed by atoms with Gasteiger partial charge in [0.15, 0.2) is 0 Å². The Hall–Kier alpha value is -3.31. The van der Waals surface area contributed by atoms with Gasteiger partial charge in [0.1, 0.15) is 12.1 Å². The van der Waals surface area contributed by atoms with E-state index < -0.39 is 0 Å². The number of rotatable bonds is 8. The molecule has 0 atom stereocenters. The van der Waals surface area contributed by atoms with Crippen molar-refractivity contribution in [1.29, 1.82) is 0 Å². The molecule has 31 heavy (non-hydrogen) atoms. The largest absolute Gasteiger partial charge is 0.372 e. The van der Waals surface area contributed by atoms with Crippen molar-refractivity contribution in [2.75, 3.05) is 0 Å². The molecule has 160 valence electrons. The summed E-state index contributed by atoms with van der Waals surface area (Å²) in [6, 6.07) is 15.7. The van der Waals surface area contributed by atoms with Crippen molar-refractivity contribution in [3.05, 3.63) is 99.2 Å². The number of benzene rings is 2. The fraction of sp³-hybridized carbons (Fsp3) is 0.231. The molecule has 0 saturated heterocycles. The van der Waals surface area contributed by atoms with Crippen LogP contribution in [0.15, 0.2) is 65.5 Å². The molecule has 1 aromatic heterocycles. The molecule has 0 bridgehead atoms. The molecule has 4 nitrogen and oxygen atoms in total. The topological polar surface area (TPSA) is 48.3 Å². The summed E-state index contributed by atoms with van der Waals surface area (Å²) in [5, 5.41) is 0. The first kappa shape index (κ1) is 22.4. The van der Waals surface area contributed by atoms with Gasteiger partial charge in [0.25, 0.3) is 5.56 Å². The van der Waals surface area contributed by atoms with Gasteiger partial charge < -0.3 is 9.30 Å². The first-order valence-electron chi connectivity index (χ1n) is 10.2. The predicted molar refractivity (Wildman–Crippen MR) is 121 cm³/mol. The average Bonchev–Trinajstić information content (AvgIpc) is 2.76. The van der Waals surface area contributed by atoms with E-state index in [-0.39, 0.29) is 23.9 Å². The number of nitrogens with zero attached hydrogens (tertiary/aromatic N) is 1. The minimum Gasteiger partial charge on any atom is -0.372 e. The zero-order valence-electron chi connectivity index (χ0n) is 18.0. The lowest BCUT2D eigenvalue weighted by Gasteiger charge is -2.22. The van der Waals surface area contributed by atoms with E-state index in [0.29, 0.717) is 29.6 Å². The third kappa shape index (κ3) is 5.06. The minimum atomic E-state index is -0.358. The molecule has 0 aliphatic rings. The highest BCUT2D eigenvalue weighted by atomic mass is 19.1. The third-order valence-electron chi connectivity index (χ3n) is 5.15. The van der Waals surface area contributed by atoms with E-state index in [1.165, 1.54) is 18.2 Å². The van der Waals surface area contributed by atoms with Crippen molar-refractivity contribution in [3.8, 4) is 11.1 Å². The molecule has 3 aromatic rings. The van der Waals surface area contributed by atoms with Gasteiger partial charge in [-0.25, -0.2) is 4.39 Å². The van der Waals surface area contributed by atoms with Gasteiger partial charge in [-0.3, -0.25) is 9.59 Å². The van der Waals surface area contributed by atoms with Gasteiger partial charge in [-0.15, -0.1) is 0 Å². The van der Waals surface area contributed by atoms with Crippen molar-refractivity contribution < 1.29 is 13.9 Å². The van der Waals surface area contributed by atoms with Gasteiger partial charge in [0.05, 0.1) is 18.8 Å². The average molecular weight is 419 g/mol. The van der Waals surface area contributed by atoms with Crippen LogP contribution in [-0.2, 0) is 29.8 Å². The second-order valence-corrected chi connectivity index (χ2v) is 7.65. The number of hydrogen-bond donors (Lipinski definition) is 0. The van der Waals surface area contributed by atoms with Crippen LogP contribution in [0.5, 0.6) is 0 Å². The highest BCUT2D eigenvalue weighted by Crippen LogP contribution is 2.33. The molecule has 0 radical (unpaired) electrons. The van der Waals surface area contributed by atoms with Gasteiger partial charge in [0.2, 0.25) is 0 Å². The van der Waals surface area contributed by atoms with Gasteiger partial charge in [-0.2, -0.15) is 0 Å². The summed E-state index contributed by atoms with van der Waals surface area (Å²) in [4.78, 5) is 24.4. The Bertz CT molecular complexity index is 1130. The summed E-state index contributed by atoms with van der Waals surface area (Å²) in [7, 11) is 1.73. The Morgan fingerprint density at radius 1 is 1.03 bits per heavy atom. The monoisotopic (exact) mass is 419 g/mol. The van der Waals surface area contributed by atoms with Crippen LogP contribution in [0.1, 0.15) is 42.1 Å². The highest BCUT2D eigenvalue weighted by molar-refractivity contribution is 5.83. The summed E-state index contributed by atoms with van der Waals surface area (Å²) in [5.74, 6) is -0.328. The van der Waals surface area contributed by atoms with E-state index in [0.717, 1.165) is 16.8 Å². The number of halogens is 1. The normalized spacial score (nSPS) is 11.4. The smallest absolute Gasteiger partial charge is 0.256 e.